The topological polar surface area (TPSA) is 33.1 Å². The van der Waals surface area contributed by atoms with Crippen LogP contribution < -0.4 is 0 Å². The quantitative estimate of drug-likeness (QED) is 0.726. The first-order chi connectivity index (χ1) is 7.60. The van der Waals surface area contributed by atoms with Gasteiger partial charge in [0.2, 0.25) is 0 Å². The van der Waals surface area contributed by atoms with E-state index >= 15 is 0 Å². The summed E-state index contributed by atoms with van der Waals surface area (Å²) in [5.74, 6) is 0. The Morgan fingerprint density at radius 1 is 1.12 bits per heavy atom. The van der Waals surface area contributed by atoms with E-state index in [2.05, 4.69) is 11.1 Å². The van der Waals surface area contributed by atoms with Crippen LogP contribution in [0.5, 0.6) is 0 Å². The van der Waals surface area contributed by atoms with Gasteiger partial charge in [-0.3, -0.25) is 4.98 Å². The minimum absolute atomic E-state index is 0.902. The van der Waals surface area contributed by atoms with Crippen LogP contribution in [0.2, 0.25) is 0 Å². The minimum Gasteiger partial charge on any atom is -0.381 e. The number of hydrogen-bond donors (Lipinski definition) is 1. The van der Waals surface area contributed by atoms with Crippen molar-refractivity contribution in [2.24, 2.45) is 0 Å². The van der Waals surface area contributed by atoms with E-state index < -0.39 is 5.60 Å². The maximum Gasteiger partial charge on any atom is 0.114 e. The van der Waals surface area contributed by atoms with Gasteiger partial charge in [0.1, 0.15) is 5.60 Å². The molecule has 3 rings (SSSR count). The third-order valence-electron chi connectivity index (χ3n) is 3.31. The molecule has 1 N–H and O–H groups in total. The normalized spacial score (nSPS) is 21.7. The molecule has 16 heavy (non-hydrogen) atoms. The predicted molar refractivity (Wildman–Crippen MR) is 63.1 cm³/mol. The van der Waals surface area contributed by atoms with E-state index in [1.807, 2.05) is 38.1 Å². The molecule has 2 heteroatoms. The lowest BCUT2D eigenvalue weighted by Gasteiger charge is -2.19. The molecule has 2 nitrogen and oxygen atoms in total. The first-order valence-corrected chi connectivity index (χ1v) is 5.40. The highest BCUT2D eigenvalue weighted by atomic mass is 16.3. The molecule has 80 valence electrons. The summed E-state index contributed by atoms with van der Waals surface area (Å²) in [5.41, 5.74) is 4.16. The molecule has 0 radical (unpaired) electrons. The Morgan fingerprint density at radius 3 is 2.69 bits per heavy atom. The number of benzene rings is 1. The zero-order chi connectivity index (χ0) is 11.3. The Kier molecular flexibility index (Phi) is 1.74. The molecule has 0 saturated heterocycles. The molecular formula is C14H13NO. The summed E-state index contributed by atoms with van der Waals surface area (Å²) >= 11 is 0. The van der Waals surface area contributed by atoms with E-state index in [9.17, 15) is 5.11 Å². The monoisotopic (exact) mass is 211 g/mol. The fourth-order valence-corrected chi connectivity index (χ4v) is 2.46. The number of aryl methyl sites for hydroxylation is 1. The van der Waals surface area contributed by atoms with E-state index in [1.54, 1.807) is 6.20 Å². The van der Waals surface area contributed by atoms with Crippen molar-refractivity contribution in [2.45, 2.75) is 19.4 Å². The summed E-state index contributed by atoms with van der Waals surface area (Å²) in [7, 11) is 0. The van der Waals surface area contributed by atoms with Gasteiger partial charge in [0.05, 0.1) is 0 Å². The van der Waals surface area contributed by atoms with Crippen LogP contribution in [0.4, 0.5) is 0 Å². The molecule has 1 unspecified atom stereocenters. The summed E-state index contributed by atoms with van der Waals surface area (Å²) < 4.78 is 0. The highest BCUT2D eigenvalue weighted by molar-refractivity contribution is 5.79. The molecule has 1 heterocycles. The third kappa shape index (κ3) is 1.08. The van der Waals surface area contributed by atoms with Crippen LogP contribution in [-0.4, -0.2) is 10.1 Å². The lowest BCUT2D eigenvalue weighted by molar-refractivity contribution is 0.107. The molecule has 1 atom stereocenters. The summed E-state index contributed by atoms with van der Waals surface area (Å²) in [5, 5.41) is 10.5. The average Bonchev–Trinajstić information content (AvgIpc) is 2.49. The Bertz CT molecular complexity index is 573. The van der Waals surface area contributed by atoms with Crippen LogP contribution in [0.1, 0.15) is 23.7 Å². The number of hydrogen-bond acceptors (Lipinski definition) is 2. The molecule has 0 bridgehead atoms. The van der Waals surface area contributed by atoms with Gasteiger partial charge in [-0.25, -0.2) is 0 Å². The van der Waals surface area contributed by atoms with Gasteiger partial charge >= 0.3 is 0 Å². The molecular weight excluding hydrogens is 198 g/mol. The Hall–Kier alpha value is -1.67. The van der Waals surface area contributed by atoms with Gasteiger partial charge in [0.15, 0.2) is 0 Å². The van der Waals surface area contributed by atoms with Crippen LogP contribution in [0.3, 0.4) is 0 Å². The third-order valence-corrected chi connectivity index (χ3v) is 3.31. The molecule has 0 amide bonds. The molecule has 2 aromatic rings. The highest BCUT2D eigenvalue weighted by Crippen LogP contribution is 2.46. The van der Waals surface area contributed by atoms with Crippen molar-refractivity contribution in [1.82, 2.24) is 4.98 Å². The van der Waals surface area contributed by atoms with Gasteiger partial charge in [-0.1, -0.05) is 24.3 Å². The zero-order valence-electron chi connectivity index (χ0n) is 9.36. The summed E-state index contributed by atoms with van der Waals surface area (Å²) in [4.78, 5) is 4.27. The first-order valence-electron chi connectivity index (χ1n) is 5.40. The number of pyridine rings is 1. The molecule has 1 aromatic heterocycles. The number of rotatable bonds is 0. The number of aromatic nitrogens is 1. The van der Waals surface area contributed by atoms with Crippen molar-refractivity contribution < 1.29 is 5.11 Å². The number of nitrogens with zero attached hydrogens (tertiary/aromatic N) is 1. The van der Waals surface area contributed by atoms with Gasteiger partial charge in [0.25, 0.3) is 0 Å². The summed E-state index contributed by atoms with van der Waals surface area (Å²) in [6, 6.07) is 10.0. The van der Waals surface area contributed by atoms with E-state index in [1.165, 1.54) is 0 Å². The Balaban J connectivity index is 2.40. The van der Waals surface area contributed by atoms with Crippen molar-refractivity contribution in [2.75, 3.05) is 0 Å². The smallest absolute Gasteiger partial charge is 0.114 e. The van der Waals surface area contributed by atoms with E-state index in [-0.39, 0.29) is 0 Å². The molecule has 1 aliphatic rings. The maximum atomic E-state index is 10.5. The second-order valence-electron chi connectivity index (χ2n) is 4.49. The van der Waals surface area contributed by atoms with E-state index in [0.717, 1.165) is 27.9 Å². The molecule has 0 fully saturated rings. The van der Waals surface area contributed by atoms with Crippen molar-refractivity contribution in [3.05, 3.63) is 53.3 Å². The van der Waals surface area contributed by atoms with Crippen LogP contribution >= 0.6 is 0 Å². The summed E-state index contributed by atoms with van der Waals surface area (Å²) in [6.45, 7) is 3.80. The first kappa shape index (κ1) is 9.55. The SMILES string of the molecule is Cc1cc2c(cn1)C(C)(O)c1ccccc1-2. The molecule has 0 saturated carbocycles. The van der Waals surface area contributed by atoms with Gasteiger partial charge in [-0.15, -0.1) is 0 Å². The van der Waals surface area contributed by atoms with Gasteiger partial charge in [-0.2, -0.15) is 0 Å². The minimum atomic E-state index is -0.910. The standard InChI is InChI=1S/C14H13NO/c1-9-7-11-10-5-3-4-6-12(10)14(2,16)13(11)8-15-9/h3-8,16H,1-2H3. The van der Waals surface area contributed by atoms with Crippen molar-refractivity contribution in [3.63, 3.8) is 0 Å². The average molecular weight is 211 g/mol. The highest BCUT2D eigenvalue weighted by Gasteiger charge is 2.37. The number of aliphatic hydroxyl groups is 1. The largest absolute Gasteiger partial charge is 0.381 e. The Morgan fingerprint density at radius 2 is 1.88 bits per heavy atom. The second-order valence-corrected chi connectivity index (χ2v) is 4.49. The van der Waals surface area contributed by atoms with Gasteiger partial charge in [-0.05, 0) is 36.6 Å². The Labute approximate surface area is 94.6 Å². The fourth-order valence-electron chi connectivity index (χ4n) is 2.46. The number of fused-ring (bicyclic) bond motifs is 3. The lowest BCUT2D eigenvalue weighted by atomic mass is 9.95. The van der Waals surface area contributed by atoms with Crippen LogP contribution in [-0.2, 0) is 5.60 Å². The molecule has 0 spiro atoms. The maximum absolute atomic E-state index is 10.5. The second kappa shape index (κ2) is 2.92. The molecule has 1 aromatic carbocycles. The van der Waals surface area contributed by atoms with Crippen LogP contribution in [0.25, 0.3) is 11.1 Å². The summed E-state index contributed by atoms with van der Waals surface area (Å²) in [6.07, 6.45) is 1.78. The van der Waals surface area contributed by atoms with Crippen molar-refractivity contribution in [1.29, 1.82) is 0 Å². The van der Waals surface area contributed by atoms with Crippen LogP contribution in [0.15, 0.2) is 36.5 Å². The van der Waals surface area contributed by atoms with Gasteiger partial charge < -0.3 is 5.11 Å². The predicted octanol–water partition coefficient (Wildman–Crippen LogP) is 2.63. The van der Waals surface area contributed by atoms with Crippen molar-refractivity contribution >= 4 is 0 Å². The molecule has 1 aliphatic carbocycles. The van der Waals surface area contributed by atoms with Gasteiger partial charge in [0, 0.05) is 17.5 Å². The molecule has 0 aliphatic heterocycles. The van der Waals surface area contributed by atoms with E-state index in [0.29, 0.717) is 0 Å². The zero-order valence-corrected chi connectivity index (χ0v) is 9.36. The fraction of sp³-hybridized carbons (Fsp3) is 0.214. The van der Waals surface area contributed by atoms with E-state index in [4.69, 9.17) is 0 Å². The van der Waals surface area contributed by atoms with Crippen molar-refractivity contribution in [3.8, 4) is 11.1 Å². The van der Waals surface area contributed by atoms with Crippen LogP contribution in [0, 0.1) is 6.92 Å². The lowest BCUT2D eigenvalue weighted by Crippen LogP contribution is -2.19.